The molecule has 0 aliphatic heterocycles. The first-order chi connectivity index (χ1) is 7.56. The minimum Gasteiger partial charge on any atom is -0.383 e. The van der Waals surface area contributed by atoms with E-state index in [2.05, 4.69) is 12.2 Å². The average Bonchev–Trinajstić information content (AvgIpc) is 2.22. The van der Waals surface area contributed by atoms with E-state index in [0.29, 0.717) is 6.61 Å². The van der Waals surface area contributed by atoms with E-state index in [1.54, 1.807) is 7.11 Å². The first-order valence-corrected chi connectivity index (χ1v) is 6.11. The van der Waals surface area contributed by atoms with E-state index in [-0.39, 0.29) is 29.8 Å². The highest BCUT2D eigenvalue weighted by Crippen LogP contribution is 2.29. The molecule has 1 aliphatic carbocycles. The normalized spacial score (nSPS) is 32.1. The number of carbonyl (C=O) groups is 1. The van der Waals surface area contributed by atoms with E-state index in [1.807, 2.05) is 6.92 Å². The summed E-state index contributed by atoms with van der Waals surface area (Å²) in [5, 5.41) is 2.98. The van der Waals surface area contributed by atoms with Crippen molar-refractivity contribution in [2.75, 3.05) is 13.7 Å². The summed E-state index contributed by atoms with van der Waals surface area (Å²) in [6.07, 6.45) is 3.06. The van der Waals surface area contributed by atoms with E-state index < -0.39 is 0 Å². The summed E-state index contributed by atoms with van der Waals surface area (Å²) in [7, 11) is 1.64. The Kier molecular flexibility index (Phi) is 5.22. The molecule has 94 valence electrons. The molecule has 0 heterocycles. The van der Waals surface area contributed by atoms with Gasteiger partial charge in [0.15, 0.2) is 0 Å². The fourth-order valence-electron chi connectivity index (χ4n) is 2.41. The Balaban J connectivity index is 2.46. The van der Waals surface area contributed by atoms with Gasteiger partial charge in [0.1, 0.15) is 0 Å². The van der Waals surface area contributed by atoms with Crippen molar-refractivity contribution in [1.29, 1.82) is 0 Å². The van der Waals surface area contributed by atoms with Crippen LogP contribution in [-0.4, -0.2) is 31.7 Å². The molecular weight excluding hydrogens is 204 g/mol. The van der Waals surface area contributed by atoms with Gasteiger partial charge in [-0.1, -0.05) is 13.3 Å². The largest absolute Gasteiger partial charge is 0.383 e. The van der Waals surface area contributed by atoms with Crippen LogP contribution in [0.4, 0.5) is 0 Å². The van der Waals surface area contributed by atoms with Gasteiger partial charge in [-0.15, -0.1) is 0 Å². The lowest BCUT2D eigenvalue weighted by molar-refractivity contribution is -0.128. The first-order valence-electron chi connectivity index (χ1n) is 6.11. The molecule has 0 saturated heterocycles. The fourth-order valence-corrected chi connectivity index (χ4v) is 2.41. The molecule has 1 fully saturated rings. The highest BCUT2D eigenvalue weighted by atomic mass is 16.5. The Hall–Kier alpha value is -0.610. The van der Waals surface area contributed by atoms with Crippen LogP contribution in [0.2, 0.25) is 0 Å². The smallest absolute Gasteiger partial charge is 0.223 e. The van der Waals surface area contributed by atoms with E-state index in [4.69, 9.17) is 10.5 Å². The lowest BCUT2D eigenvalue weighted by atomic mass is 9.77. The molecule has 4 atom stereocenters. The molecule has 0 bridgehead atoms. The molecule has 4 heteroatoms. The van der Waals surface area contributed by atoms with E-state index >= 15 is 0 Å². The predicted octanol–water partition coefficient (Wildman–Crippen LogP) is 0.901. The zero-order valence-electron chi connectivity index (χ0n) is 10.5. The summed E-state index contributed by atoms with van der Waals surface area (Å²) in [4.78, 5) is 12.0. The average molecular weight is 228 g/mol. The monoisotopic (exact) mass is 228 g/mol. The van der Waals surface area contributed by atoms with Crippen LogP contribution in [0, 0.1) is 11.8 Å². The van der Waals surface area contributed by atoms with Crippen LogP contribution in [0.3, 0.4) is 0 Å². The third-order valence-electron chi connectivity index (χ3n) is 3.50. The first kappa shape index (κ1) is 13.5. The second kappa shape index (κ2) is 6.21. The van der Waals surface area contributed by atoms with Crippen LogP contribution in [-0.2, 0) is 9.53 Å². The Morgan fingerprint density at radius 3 is 2.88 bits per heavy atom. The van der Waals surface area contributed by atoms with Gasteiger partial charge < -0.3 is 15.8 Å². The summed E-state index contributed by atoms with van der Waals surface area (Å²) in [5.41, 5.74) is 5.99. The maximum atomic E-state index is 12.0. The van der Waals surface area contributed by atoms with Crippen LogP contribution in [0.1, 0.15) is 33.1 Å². The van der Waals surface area contributed by atoms with Crippen LogP contribution < -0.4 is 11.1 Å². The summed E-state index contributed by atoms with van der Waals surface area (Å²) in [5.74, 6) is 0.485. The van der Waals surface area contributed by atoms with Crippen molar-refractivity contribution in [3.63, 3.8) is 0 Å². The summed E-state index contributed by atoms with van der Waals surface area (Å²) in [6, 6.07) is 0.241. The van der Waals surface area contributed by atoms with E-state index in [0.717, 1.165) is 19.3 Å². The number of amides is 1. The van der Waals surface area contributed by atoms with Gasteiger partial charge in [0.2, 0.25) is 5.91 Å². The zero-order valence-corrected chi connectivity index (χ0v) is 10.5. The van der Waals surface area contributed by atoms with Crippen LogP contribution in [0.5, 0.6) is 0 Å². The number of methoxy groups -OCH3 is 1. The fraction of sp³-hybridized carbons (Fsp3) is 0.917. The van der Waals surface area contributed by atoms with Crippen LogP contribution >= 0.6 is 0 Å². The van der Waals surface area contributed by atoms with Gasteiger partial charge in [0, 0.05) is 25.1 Å². The SMILES string of the molecule is COCC(C)NC(=O)C1CCCC(N)C1C. The zero-order chi connectivity index (χ0) is 12.1. The number of carbonyl (C=O) groups excluding carboxylic acids is 1. The molecule has 1 rings (SSSR count). The van der Waals surface area contributed by atoms with E-state index in [9.17, 15) is 4.79 Å². The van der Waals surface area contributed by atoms with Crippen molar-refractivity contribution in [2.45, 2.75) is 45.2 Å². The summed E-state index contributed by atoms with van der Waals surface area (Å²) < 4.78 is 5.00. The minimum absolute atomic E-state index is 0.0721. The van der Waals surface area contributed by atoms with Gasteiger partial charge in [-0.2, -0.15) is 0 Å². The Bertz CT molecular complexity index is 233. The van der Waals surface area contributed by atoms with Crippen molar-refractivity contribution >= 4 is 5.91 Å². The molecule has 1 aliphatic rings. The summed E-state index contributed by atoms with van der Waals surface area (Å²) in [6.45, 7) is 4.59. The molecule has 0 radical (unpaired) electrons. The van der Waals surface area contributed by atoms with Crippen molar-refractivity contribution < 1.29 is 9.53 Å². The second-order valence-corrected chi connectivity index (χ2v) is 4.93. The molecule has 0 aromatic heterocycles. The second-order valence-electron chi connectivity index (χ2n) is 4.93. The molecule has 16 heavy (non-hydrogen) atoms. The number of nitrogens with two attached hydrogens (primary N) is 1. The molecule has 0 aromatic rings. The highest BCUT2D eigenvalue weighted by molar-refractivity contribution is 5.79. The molecule has 0 spiro atoms. The Morgan fingerprint density at radius 1 is 1.56 bits per heavy atom. The number of rotatable bonds is 4. The molecular formula is C12H24N2O2. The van der Waals surface area contributed by atoms with Gasteiger partial charge >= 0.3 is 0 Å². The quantitative estimate of drug-likeness (QED) is 0.751. The van der Waals surface area contributed by atoms with Crippen LogP contribution in [0.25, 0.3) is 0 Å². The molecule has 4 unspecified atom stereocenters. The van der Waals surface area contributed by atoms with Crippen molar-refractivity contribution in [2.24, 2.45) is 17.6 Å². The van der Waals surface area contributed by atoms with Crippen molar-refractivity contribution in [3.05, 3.63) is 0 Å². The lowest BCUT2D eigenvalue weighted by Gasteiger charge is -2.33. The Morgan fingerprint density at radius 2 is 2.25 bits per heavy atom. The molecule has 0 aromatic carbocycles. The number of hydrogen-bond acceptors (Lipinski definition) is 3. The third kappa shape index (κ3) is 3.46. The Labute approximate surface area is 97.9 Å². The standard InChI is InChI=1S/C12H24N2O2/c1-8(7-16-3)14-12(15)10-5-4-6-11(13)9(10)2/h8-11H,4-7,13H2,1-3H3,(H,14,15). The lowest BCUT2D eigenvalue weighted by Crippen LogP contribution is -2.47. The molecule has 3 N–H and O–H groups in total. The number of hydrogen-bond donors (Lipinski definition) is 2. The van der Waals surface area contributed by atoms with Gasteiger partial charge in [-0.05, 0) is 25.7 Å². The number of nitrogens with one attached hydrogen (secondary N) is 1. The van der Waals surface area contributed by atoms with Crippen molar-refractivity contribution in [3.8, 4) is 0 Å². The van der Waals surface area contributed by atoms with Gasteiger partial charge in [0.05, 0.1) is 6.61 Å². The topological polar surface area (TPSA) is 64.3 Å². The van der Waals surface area contributed by atoms with Gasteiger partial charge in [0.25, 0.3) is 0 Å². The van der Waals surface area contributed by atoms with E-state index in [1.165, 1.54) is 0 Å². The minimum atomic E-state index is 0.0721. The molecule has 4 nitrogen and oxygen atoms in total. The van der Waals surface area contributed by atoms with Gasteiger partial charge in [-0.25, -0.2) is 0 Å². The number of ether oxygens (including phenoxy) is 1. The molecule has 1 saturated carbocycles. The predicted molar refractivity (Wildman–Crippen MR) is 64.0 cm³/mol. The maximum Gasteiger partial charge on any atom is 0.223 e. The third-order valence-corrected chi connectivity index (χ3v) is 3.50. The maximum absolute atomic E-state index is 12.0. The highest BCUT2D eigenvalue weighted by Gasteiger charge is 2.32. The van der Waals surface area contributed by atoms with Gasteiger partial charge in [-0.3, -0.25) is 4.79 Å². The molecule has 1 amide bonds. The van der Waals surface area contributed by atoms with Crippen LogP contribution in [0.15, 0.2) is 0 Å². The summed E-state index contributed by atoms with van der Waals surface area (Å²) >= 11 is 0. The van der Waals surface area contributed by atoms with Crippen molar-refractivity contribution in [1.82, 2.24) is 5.32 Å².